The summed E-state index contributed by atoms with van der Waals surface area (Å²) >= 11 is 0. The molecular formula is C4H5N2. The SMILES string of the molecule is C=C(C#N)C[NH]. The van der Waals surface area contributed by atoms with Gasteiger partial charge in [-0.1, -0.05) is 6.58 Å². The van der Waals surface area contributed by atoms with E-state index >= 15 is 0 Å². The highest BCUT2D eigenvalue weighted by atomic mass is 14.5. The van der Waals surface area contributed by atoms with Gasteiger partial charge in [0.05, 0.1) is 6.07 Å². The van der Waals surface area contributed by atoms with Crippen molar-refractivity contribution in [2.24, 2.45) is 0 Å². The molecule has 0 aliphatic rings. The monoisotopic (exact) mass is 81.0 g/mol. The van der Waals surface area contributed by atoms with E-state index in [4.69, 9.17) is 11.0 Å². The van der Waals surface area contributed by atoms with Gasteiger partial charge in [-0.3, -0.25) is 5.73 Å². The van der Waals surface area contributed by atoms with Crippen LogP contribution in [0.25, 0.3) is 0 Å². The van der Waals surface area contributed by atoms with Crippen molar-refractivity contribution in [3.63, 3.8) is 0 Å². The summed E-state index contributed by atoms with van der Waals surface area (Å²) in [6.45, 7) is 3.27. The van der Waals surface area contributed by atoms with Crippen LogP contribution in [-0.2, 0) is 0 Å². The van der Waals surface area contributed by atoms with Gasteiger partial charge in [0.1, 0.15) is 0 Å². The Balaban J connectivity index is 3.33. The molecular weight excluding hydrogens is 76.1 g/mol. The molecule has 0 rings (SSSR count). The van der Waals surface area contributed by atoms with Gasteiger partial charge in [-0.05, 0) is 0 Å². The summed E-state index contributed by atoms with van der Waals surface area (Å²) in [6, 6.07) is 1.73. The van der Waals surface area contributed by atoms with Crippen molar-refractivity contribution in [2.75, 3.05) is 6.54 Å². The molecule has 0 aliphatic carbocycles. The van der Waals surface area contributed by atoms with Gasteiger partial charge < -0.3 is 0 Å². The van der Waals surface area contributed by atoms with E-state index in [0.717, 1.165) is 0 Å². The lowest BCUT2D eigenvalue weighted by Gasteiger charge is -1.75. The third-order valence-electron chi connectivity index (χ3n) is 0.372. The van der Waals surface area contributed by atoms with Crippen molar-refractivity contribution < 1.29 is 0 Å². The molecule has 0 aliphatic heterocycles. The molecule has 2 heteroatoms. The molecule has 0 aromatic carbocycles. The zero-order chi connectivity index (χ0) is 4.99. The van der Waals surface area contributed by atoms with Crippen LogP contribution in [0.5, 0.6) is 0 Å². The second-order valence-electron chi connectivity index (χ2n) is 0.892. The molecule has 0 amide bonds. The van der Waals surface area contributed by atoms with Crippen LogP contribution in [-0.4, -0.2) is 6.54 Å². The molecule has 0 spiro atoms. The summed E-state index contributed by atoms with van der Waals surface area (Å²) in [5, 5.41) is 7.87. The van der Waals surface area contributed by atoms with Gasteiger partial charge in [0, 0.05) is 12.1 Å². The lowest BCUT2D eigenvalue weighted by Crippen LogP contribution is -1.83. The van der Waals surface area contributed by atoms with Crippen molar-refractivity contribution in [3.05, 3.63) is 12.2 Å². The molecule has 1 radical (unpaired) electrons. The summed E-state index contributed by atoms with van der Waals surface area (Å²) < 4.78 is 0. The average molecular weight is 81.1 g/mol. The summed E-state index contributed by atoms with van der Waals surface area (Å²) in [7, 11) is 0. The molecule has 6 heavy (non-hydrogen) atoms. The van der Waals surface area contributed by atoms with Gasteiger partial charge >= 0.3 is 0 Å². The Bertz CT molecular complexity index is 88.2. The standard InChI is InChI=1S/C4H5N2/c1-4(2-5)3-6/h5H,1-2H2. The molecule has 0 saturated heterocycles. The van der Waals surface area contributed by atoms with Gasteiger partial charge in [-0.15, -0.1) is 0 Å². The molecule has 0 aromatic heterocycles. The van der Waals surface area contributed by atoms with Crippen LogP contribution >= 0.6 is 0 Å². The van der Waals surface area contributed by atoms with Crippen LogP contribution < -0.4 is 5.73 Å². The van der Waals surface area contributed by atoms with E-state index in [2.05, 4.69) is 6.58 Å². The molecule has 0 heterocycles. The Kier molecular flexibility index (Phi) is 2.10. The van der Waals surface area contributed by atoms with Gasteiger partial charge in [0.2, 0.25) is 0 Å². The topological polar surface area (TPSA) is 47.6 Å². The average Bonchev–Trinajstić information content (AvgIpc) is 1.65. The van der Waals surface area contributed by atoms with Crippen molar-refractivity contribution in [1.29, 1.82) is 5.26 Å². The van der Waals surface area contributed by atoms with Crippen LogP contribution in [0.2, 0.25) is 0 Å². The maximum absolute atomic E-state index is 7.87. The van der Waals surface area contributed by atoms with E-state index in [1.807, 2.05) is 0 Å². The Morgan fingerprint density at radius 1 is 2.00 bits per heavy atom. The molecule has 0 fully saturated rings. The first-order valence-electron chi connectivity index (χ1n) is 1.53. The normalized spacial score (nSPS) is 6.67. The molecule has 0 saturated carbocycles. The summed E-state index contributed by atoms with van der Waals surface area (Å²) in [5.41, 5.74) is 6.80. The first-order valence-corrected chi connectivity index (χ1v) is 1.53. The summed E-state index contributed by atoms with van der Waals surface area (Å²) in [6.07, 6.45) is 0. The van der Waals surface area contributed by atoms with Gasteiger partial charge in [-0.25, -0.2) is 0 Å². The third kappa shape index (κ3) is 1.50. The third-order valence-corrected chi connectivity index (χ3v) is 0.372. The van der Waals surface area contributed by atoms with Crippen molar-refractivity contribution in [1.82, 2.24) is 5.73 Å². The zero-order valence-electron chi connectivity index (χ0n) is 3.36. The van der Waals surface area contributed by atoms with E-state index in [1.54, 1.807) is 6.07 Å². The Labute approximate surface area is 36.9 Å². The fourth-order valence-corrected chi connectivity index (χ4v) is 0.0395. The predicted octanol–water partition coefficient (Wildman–Crippen LogP) is 0.349. The minimum Gasteiger partial charge on any atom is -0.252 e. The lowest BCUT2D eigenvalue weighted by molar-refractivity contribution is 1.15. The van der Waals surface area contributed by atoms with Gasteiger partial charge in [-0.2, -0.15) is 5.26 Å². The van der Waals surface area contributed by atoms with Crippen LogP contribution in [0.15, 0.2) is 12.2 Å². The van der Waals surface area contributed by atoms with Crippen LogP contribution in [0, 0.1) is 11.3 Å². The maximum atomic E-state index is 7.87. The number of hydrogen-bond donors (Lipinski definition) is 0. The highest BCUT2D eigenvalue weighted by Crippen LogP contribution is 1.76. The Morgan fingerprint density at radius 3 is 2.50 bits per heavy atom. The first-order chi connectivity index (χ1) is 2.81. The Hall–Kier alpha value is -0.810. The minimum absolute atomic E-state index is 0.0243. The zero-order valence-corrected chi connectivity index (χ0v) is 3.36. The quantitative estimate of drug-likeness (QED) is 0.420. The minimum atomic E-state index is 0.0243. The first kappa shape index (κ1) is 5.19. The number of nitrogens with one attached hydrogen (secondary N) is 1. The molecule has 0 aromatic rings. The fraction of sp³-hybridized carbons (Fsp3) is 0.250. The van der Waals surface area contributed by atoms with Crippen LogP contribution in [0.1, 0.15) is 0 Å². The van der Waals surface area contributed by atoms with Gasteiger partial charge in [0.15, 0.2) is 0 Å². The predicted molar refractivity (Wildman–Crippen MR) is 22.7 cm³/mol. The number of nitriles is 1. The number of hydrogen-bond acceptors (Lipinski definition) is 1. The largest absolute Gasteiger partial charge is 0.252 e. The molecule has 0 unspecified atom stereocenters. The molecule has 1 N–H and O–H groups in total. The second-order valence-corrected chi connectivity index (χ2v) is 0.892. The van der Waals surface area contributed by atoms with E-state index in [0.29, 0.717) is 5.57 Å². The molecule has 2 nitrogen and oxygen atoms in total. The van der Waals surface area contributed by atoms with Crippen molar-refractivity contribution >= 4 is 0 Å². The molecule has 0 atom stereocenters. The maximum Gasteiger partial charge on any atom is 0.0955 e. The summed E-state index contributed by atoms with van der Waals surface area (Å²) in [4.78, 5) is 0. The smallest absolute Gasteiger partial charge is 0.0955 e. The molecule has 31 valence electrons. The van der Waals surface area contributed by atoms with E-state index in [1.165, 1.54) is 0 Å². The number of rotatable bonds is 1. The fourth-order valence-electron chi connectivity index (χ4n) is 0.0395. The lowest BCUT2D eigenvalue weighted by atomic mass is 10.4. The van der Waals surface area contributed by atoms with Crippen LogP contribution in [0.3, 0.4) is 0 Å². The highest BCUT2D eigenvalue weighted by Gasteiger charge is 1.78. The van der Waals surface area contributed by atoms with Gasteiger partial charge in [0.25, 0.3) is 0 Å². The molecule has 0 bridgehead atoms. The van der Waals surface area contributed by atoms with Crippen LogP contribution in [0.4, 0.5) is 0 Å². The summed E-state index contributed by atoms with van der Waals surface area (Å²) in [5.74, 6) is 0. The Morgan fingerprint density at radius 2 is 2.50 bits per heavy atom. The highest BCUT2D eigenvalue weighted by molar-refractivity contribution is 5.16. The van der Waals surface area contributed by atoms with E-state index < -0.39 is 0 Å². The van der Waals surface area contributed by atoms with E-state index in [-0.39, 0.29) is 6.54 Å². The van der Waals surface area contributed by atoms with E-state index in [9.17, 15) is 0 Å². The second kappa shape index (κ2) is 2.43. The number of nitrogens with zero attached hydrogens (tertiary/aromatic N) is 1. The van der Waals surface area contributed by atoms with Crippen molar-refractivity contribution in [2.45, 2.75) is 0 Å². The van der Waals surface area contributed by atoms with Crippen molar-refractivity contribution in [3.8, 4) is 6.07 Å².